The molecule has 0 saturated carbocycles. The summed E-state index contributed by atoms with van der Waals surface area (Å²) in [5.41, 5.74) is 4.42. The first-order valence-electron chi connectivity index (χ1n) is 9.67. The molecule has 0 atom stereocenters. The van der Waals surface area contributed by atoms with Gasteiger partial charge < -0.3 is 10.4 Å². The van der Waals surface area contributed by atoms with E-state index in [1.54, 1.807) is 36.9 Å². The van der Waals surface area contributed by atoms with Crippen molar-refractivity contribution >= 4 is 0 Å². The summed E-state index contributed by atoms with van der Waals surface area (Å²) < 4.78 is 2.05. The van der Waals surface area contributed by atoms with E-state index in [0.717, 1.165) is 53.7 Å². The summed E-state index contributed by atoms with van der Waals surface area (Å²) in [5, 5.41) is 24.8. The van der Waals surface area contributed by atoms with Crippen LogP contribution in [0.25, 0.3) is 33.6 Å². The number of benzene rings is 1. The highest BCUT2D eigenvalue weighted by atomic mass is 16.3. The number of phenolic OH excluding ortho intramolecular Hbond substituents is 1. The normalized spacial score (nSPS) is 14.9. The van der Waals surface area contributed by atoms with Gasteiger partial charge in [-0.1, -0.05) is 0 Å². The third-order valence-corrected chi connectivity index (χ3v) is 5.28. The van der Waals surface area contributed by atoms with E-state index in [4.69, 9.17) is 0 Å². The van der Waals surface area contributed by atoms with Crippen molar-refractivity contribution in [2.45, 2.75) is 18.9 Å². The fraction of sp³-hybridized carbons (Fsp3) is 0.238. The van der Waals surface area contributed by atoms with E-state index < -0.39 is 0 Å². The number of aromatic hydroxyl groups is 1. The highest BCUT2D eigenvalue weighted by Gasteiger charge is 2.16. The lowest BCUT2D eigenvalue weighted by molar-refractivity contribution is 0.343. The van der Waals surface area contributed by atoms with E-state index in [9.17, 15) is 5.11 Å². The van der Waals surface area contributed by atoms with Crippen LogP contribution in [0.5, 0.6) is 5.75 Å². The van der Waals surface area contributed by atoms with Crippen LogP contribution >= 0.6 is 0 Å². The molecule has 4 aromatic rings. The van der Waals surface area contributed by atoms with Gasteiger partial charge in [-0.2, -0.15) is 10.2 Å². The Labute approximate surface area is 167 Å². The zero-order valence-electron chi connectivity index (χ0n) is 15.8. The van der Waals surface area contributed by atoms with Crippen LogP contribution in [0.1, 0.15) is 18.9 Å². The number of H-pyrrole nitrogens is 1. The third kappa shape index (κ3) is 3.62. The van der Waals surface area contributed by atoms with Crippen molar-refractivity contribution in [2.24, 2.45) is 0 Å². The lowest BCUT2D eigenvalue weighted by Gasteiger charge is -2.22. The molecule has 0 radical (unpaired) electrons. The van der Waals surface area contributed by atoms with Gasteiger partial charge in [-0.25, -0.2) is 9.97 Å². The molecular formula is C21H21N7O. The fourth-order valence-electron chi connectivity index (χ4n) is 3.70. The maximum atomic E-state index is 10.1. The maximum absolute atomic E-state index is 10.1. The van der Waals surface area contributed by atoms with Crippen LogP contribution in [-0.4, -0.2) is 48.1 Å². The molecule has 1 saturated heterocycles. The summed E-state index contributed by atoms with van der Waals surface area (Å²) in [5.74, 6) is 0.717. The Morgan fingerprint density at radius 3 is 2.41 bits per heavy atom. The minimum absolute atomic E-state index is 0.162. The summed E-state index contributed by atoms with van der Waals surface area (Å²) in [6, 6.07) is 5.74. The highest BCUT2D eigenvalue weighted by Crippen LogP contribution is 2.29. The quantitative estimate of drug-likeness (QED) is 0.497. The average molecular weight is 387 g/mol. The molecular weight excluding hydrogens is 366 g/mol. The number of hydrogen-bond donors (Lipinski definition) is 3. The van der Waals surface area contributed by atoms with E-state index in [-0.39, 0.29) is 5.75 Å². The first-order valence-corrected chi connectivity index (χ1v) is 9.67. The van der Waals surface area contributed by atoms with Gasteiger partial charge in [-0.15, -0.1) is 0 Å². The second kappa shape index (κ2) is 7.48. The molecule has 5 rings (SSSR count). The molecule has 1 aliphatic heterocycles. The number of aromatic amines is 1. The molecule has 3 N–H and O–H groups in total. The largest absolute Gasteiger partial charge is 0.508 e. The van der Waals surface area contributed by atoms with Gasteiger partial charge in [0, 0.05) is 47.0 Å². The van der Waals surface area contributed by atoms with Gasteiger partial charge in [0.1, 0.15) is 5.75 Å². The van der Waals surface area contributed by atoms with Crippen molar-refractivity contribution in [1.29, 1.82) is 0 Å². The van der Waals surface area contributed by atoms with Gasteiger partial charge >= 0.3 is 0 Å². The smallest absolute Gasteiger partial charge is 0.159 e. The molecule has 0 aliphatic carbocycles. The van der Waals surface area contributed by atoms with Crippen molar-refractivity contribution in [2.75, 3.05) is 13.1 Å². The van der Waals surface area contributed by atoms with E-state index in [2.05, 4.69) is 41.5 Å². The first-order chi connectivity index (χ1) is 14.3. The average Bonchev–Trinajstić information content (AvgIpc) is 3.47. The zero-order chi connectivity index (χ0) is 19.6. The van der Waals surface area contributed by atoms with E-state index in [0.29, 0.717) is 11.9 Å². The number of piperidine rings is 1. The summed E-state index contributed by atoms with van der Waals surface area (Å²) >= 11 is 0. The Kier molecular flexibility index (Phi) is 4.53. The van der Waals surface area contributed by atoms with Crippen LogP contribution in [-0.2, 0) is 0 Å². The van der Waals surface area contributed by atoms with Gasteiger partial charge in [0.05, 0.1) is 18.4 Å². The SMILES string of the molecule is Oc1cc(-c2cn[nH]c2)cc(-c2ncc(-c3cnn(C4CCNCC4)c3)cn2)c1. The summed E-state index contributed by atoms with van der Waals surface area (Å²) in [7, 11) is 0. The topological polar surface area (TPSA) is 105 Å². The van der Waals surface area contributed by atoms with Crippen LogP contribution < -0.4 is 5.32 Å². The van der Waals surface area contributed by atoms with Crippen LogP contribution in [0.3, 0.4) is 0 Å². The van der Waals surface area contributed by atoms with Crippen LogP contribution in [0.4, 0.5) is 0 Å². The molecule has 29 heavy (non-hydrogen) atoms. The highest BCUT2D eigenvalue weighted by molar-refractivity contribution is 5.72. The molecule has 3 aromatic heterocycles. The fourth-order valence-corrected chi connectivity index (χ4v) is 3.70. The molecule has 0 amide bonds. The lowest BCUT2D eigenvalue weighted by atomic mass is 10.0. The molecule has 1 aromatic carbocycles. The van der Waals surface area contributed by atoms with Gasteiger partial charge in [-0.3, -0.25) is 9.78 Å². The predicted molar refractivity (Wildman–Crippen MR) is 109 cm³/mol. The van der Waals surface area contributed by atoms with Crippen molar-refractivity contribution < 1.29 is 5.11 Å². The summed E-state index contributed by atoms with van der Waals surface area (Å²) in [6.45, 7) is 2.06. The van der Waals surface area contributed by atoms with E-state index in [1.165, 1.54) is 0 Å². The van der Waals surface area contributed by atoms with E-state index in [1.807, 2.05) is 12.3 Å². The van der Waals surface area contributed by atoms with Crippen molar-refractivity contribution in [3.63, 3.8) is 0 Å². The van der Waals surface area contributed by atoms with Crippen LogP contribution in [0, 0.1) is 0 Å². The van der Waals surface area contributed by atoms with Crippen molar-refractivity contribution in [3.8, 4) is 39.4 Å². The van der Waals surface area contributed by atoms with Crippen molar-refractivity contribution in [3.05, 3.63) is 55.4 Å². The molecule has 0 spiro atoms. The molecule has 8 nitrogen and oxygen atoms in total. The number of phenols is 1. The number of aromatic nitrogens is 6. The maximum Gasteiger partial charge on any atom is 0.159 e. The first kappa shape index (κ1) is 17.6. The minimum Gasteiger partial charge on any atom is -0.508 e. The second-order valence-corrected chi connectivity index (χ2v) is 7.24. The van der Waals surface area contributed by atoms with Gasteiger partial charge in [0.2, 0.25) is 0 Å². The number of nitrogens with zero attached hydrogens (tertiary/aromatic N) is 5. The Morgan fingerprint density at radius 1 is 0.862 bits per heavy atom. The molecule has 0 bridgehead atoms. The number of nitrogens with one attached hydrogen (secondary N) is 2. The standard InChI is InChI=1S/C21H21N7O/c29-20-6-14(17-10-25-26-11-17)5-15(7-20)21-23-8-16(9-24-21)18-12-27-28(13-18)19-1-3-22-4-2-19/h5-13,19,22,29H,1-4H2,(H,25,26). The van der Waals surface area contributed by atoms with Crippen LogP contribution in [0.2, 0.25) is 0 Å². The van der Waals surface area contributed by atoms with Gasteiger partial charge in [0.15, 0.2) is 5.82 Å². The molecule has 1 fully saturated rings. The Balaban J connectivity index is 1.40. The van der Waals surface area contributed by atoms with Gasteiger partial charge in [0.25, 0.3) is 0 Å². The molecule has 146 valence electrons. The molecule has 4 heterocycles. The molecule has 1 aliphatic rings. The second-order valence-electron chi connectivity index (χ2n) is 7.24. The molecule has 0 unspecified atom stereocenters. The molecule has 8 heteroatoms. The minimum atomic E-state index is 0.162. The zero-order valence-corrected chi connectivity index (χ0v) is 15.8. The number of rotatable bonds is 4. The Morgan fingerprint density at radius 2 is 1.66 bits per heavy atom. The van der Waals surface area contributed by atoms with E-state index >= 15 is 0 Å². The third-order valence-electron chi connectivity index (χ3n) is 5.28. The monoisotopic (exact) mass is 387 g/mol. The van der Waals surface area contributed by atoms with Gasteiger partial charge in [-0.05, 0) is 49.7 Å². The summed E-state index contributed by atoms with van der Waals surface area (Å²) in [4.78, 5) is 9.04. The Bertz CT molecular complexity index is 1100. The Hall–Kier alpha value is -3.52. The predicted octanol–water partition coefficient (Wildman–Crippen LogP) is 3.03. The van der Waals surface area contributed by atoms with Crippen LogP contribution in [0.15, 0.2) is 55.4 Å². The van der Waals surface area contributed by atoms with Crippen molar-refractivity contribution in [1.82, 2.24) is 35.3 Å². The number of hydrogen-bond acceptors (Lipinski definition) is 6. The summed E-state index contributed by atoms with van der Waals surface area (Å²) in [6.07, 6.45) is 13.2. The lowest BCUT2D eigenvalue weighted by Crippen LogP contribution is -2.29.